The average molecular weight is 462 g/mol. The number of hydrogen-bond acceptors (Lipinski definition) is 5. The van der Waals surface area contributed by atoms with Crippen LogP contribution in [0, 0.1) is 0 Å². The SMILES string of the molecule is COc1cccc(NC(=O)C(Nc2ccc(CCN3CCSCC3)cc2)c2ccccc2)c1. The Kier molecular flexibility index (Phi) is 8.28. The van der Waals surface area contributed by atoms with Gasteiger partial charge in [-0.15, -0.1) is 0 Å². The van der Waals surface area contributed by atoms with Crippen LogP contribution in [0.3, 0.4) is 0 Å². The van der Waals surface area contributed by atoms with Crippen LogP contribution >= 0.6 is 11.8 Å². The van der Waals surface area contributed by atoms with Crippen molar-refractivity contribution in [3.8, 4) is 5.75 Å². The molecule has 33 heavy (non-hydrogen) atoms. The fourth-order valence-electron chi connectivity index (χ4n) is 3.91. The highest BCUT2D eigenvalue weighted by Gasteiger charge is 2.21. The number of benzene rings is 3. The van der Waals surface area contributed by atoms with Gasteiger partial charge in [0.15, 0.2) is 0 Å². The summed E-state index contributed by atoms with van der Waals surface area (Å²) in [6.07, 6.45) is 1.05. The number of hydrogen-bond donors (Lipinski definition) is 2. The summed E-state index contributed by atoms with van der Waals surface area (Å²) in [7, 11) is 1.62. The summed E-state index contributed by atoms with van der Waals surface area (Å²) in [5.41, 5.74) is 3.84. The Morgan fingerprint density at radius 1 is 0.970 bits per heavy atom. The maximum absolute atomic E-state index is 13.2. The molecule has 1 aliphatic rings. The Bertz CT molecular complexity index is 1020. The Morgan fingerprint density at radius 3 is 2.45 bits per heavy atom. The second-order valence-electron chi connectivity index (χ2n) is 8.11. The monoisotopic (exact) mass is 461 g/mol. The molecule has 2 N–H and O–H groups in total. The highest BCUT2D eigenvalue weighted by Crippen LogP contribution is 2.24. The summed E-state index contributed by atoms with van der Waals surface area (Å²) in [5, 5.41) is 6.43. The van der Waals surface area contributed by atoms with Crippen molar-refractivity contribution in [2.24, 2.45) is 0 Å². The fourth-order valence-corrected chi connectivity index (χ4v) is 4.89. The van der Waals surface area contributed by atoms with Gasteiger partial charge in [-0.3, -0.25) is 4.79 Å². The number of carbonyl (C=O) groups excluding carboxylic acids is 1. The third-order valence-electron chi connectivity index (χ3n) is 5.82. The van der Waals surface area contributed by atoms with Gasteiger partial charge in [-0.2, -0.15) is 11.8 Å². The van der Waals surface area contributed by atoms with E-state index in [1.54, 1.807) is 7.11 Å². The van der Waals surface area contributed by atoms with Gasteiger partial charge >= 0.3 is 0 Å². The van der Waals surface area contributed by atoms with E-state index >= 15 is 0 Å². The number of nitrogens with zero attached hydrogens (tertiary/aromatic N) is 1. The first-order chi connectivity index (χ1) is 16.2. The average Bonchev–Trinajstić information content (AvgIpc) is 2.88. The van der Waals surface area contributed by atoms with Crippen LogP contribution in [0.5, 0.6) is 5.75 Å². The molecule has 0 bridgehead atoms. The van der Waals surface area contributed by atoms with E-state index in [-0.39, 0.29) is 5.91 Å². The maximum atomic E-state index is 13.2. The van der Waals surface area contributed by atoms with Gasteiger partial charge in [-0.1, -0.05) is 48.5 Å². The number of anilines is 2. The minimum Gasteiger partial charge on any atom is -0.497 e. The molecule has 1 aliphatic heterocycles. The topological polar surface area (TPSA) is 53.6 Å². The molecule has 1 atom stereocenters. The van der Waals surface area contributed by atoms with E-state index in [9.17, 15) is 4.79 Å². The smallest absolute Gasteiger partial charge is 0.251 e. The van der Waals surface area contributed by atoms with E-state index in [4.69, 9.17) is 4.74 Å². The summed E-state index contributed by atoms with van der Waals surface area (Å²) >= 11 is 2.04. The molecule has 1 saturated heterocycles. The number of amides is 1. The lowest BCUT2D eigenvalue weighted by atomic mass is 10.0. The first-order valence-corrected chi connectivity index (χ1v) is 12.5. The van der Waals surface area contributed by atoms with Gasteiger partial charge in [0.1, 0.15) is 11.8 Å². The minimum atomic E-state index is -0.519. The first kappa shape index (κ1) is 23.2. The van der Waals surface area contributed by atoms with E-state index in [1.165, 1.54) is 30.2 Å². The predicted molar refractivity (Wildman–Crippen MR) is 138 cm³/mol. The normalized spacial score (nSPS) is 14.9. The predicted octanol–water partition coefficient (Wildman–Crippen LogP) is 5.08. The summed E-state index contributed by atoms with van der Waals surface area (Å²) < 4.78 is 5.28. The summed E-state index contributed by atoms with van der Waals surface area (Å²) in [5.74, 6) is 3.06. The van der Waals surface area contributed by atoms with Gasteiger partial charge in [0, 0.05) is 48.6 Å². The van der Waals surface area contributed by atoms with Gasteiger partial charge in [0.25, 0.3) is 5.91 Å². The zero-order chi connectivity index (χ0) is 22.9. The molecule has 5 nitrogen and oxygen atoms in total. The van der Waals surface area contributed by atoms with Crippen LogP contribution in [-0.2, 0) is 11.2 Å². The summed E-state index contributed by atoms with van der Waals surface area (Å²) in [4.78, 5) is 15.8. The van der Waals surface area contributed by atoms with E-state index in [2.05, 4.69) is 39.8 Å². The molecule has 6 heteroatoms. The number of nitrogens with one attached hydrogen (secondary N) is 2. The molecule has 0 aliphatic carbocycles. The molecule has 3 aromatic rings. The molecular formula is C27H31N3O2S. The van der Waals surface area contributed by atoms with Crippen molar-refractivity contribution in [3.63, 3.8) is 0 Å². The van der Waals surface area contributed by atoms with Crippen LogP contribution < -0.4 is 15.4 Å². The molecular weight excluding hydrogens is 430 g/mol. The highest BCUT2D eigenvalue weighted by molar-refractivity contribution is 7.99. The molecule has 0 radical (unpaired) electrons. The molecule has 1 unspecified atom stereocenters. The minimum absolute atomic E-state index is 0.124. The van der Waals surface area contributed by atoms with Crippen LogP contribution in [0.1, 0.15) is 17.2 Å². The molecule has 1 fully saturated rings. The van der Waals surface area contributed by atoms with Crippen LogP contribution in [-0.4, -0.2) is 49.1 Å². The molecule has 4 rings (SSSR count). The zero-order valence-corrected chi connectivity index (χ0v) is 19.8. The van der Waals surface area contributed by atoms with Gasteiger partial charge < -0.3 is 20.3 Å². The van der Waals surface area contributed by atoms with Crippen LogP contribution in [0.25, 0.3) is 0 Å². The lowest BCUT2D eigenvalue weighted by molar-refractivity contribution is -0.117. The van der Waals surface area contributed by atoms with Crippen molar-refractivity contribution in [1.29, 1.82) is 0 Å². The fraction of sp³-hybridized carbons (Fsp3) is 0.296. The Morgan fingerprint density at radius 2 is 1.73 bits per heavy atom. The third kappa shape index (κ3) is 6.76. The number of rotatable bonds is 9. The van der Waals surface area contributed by atoms with Gasteiger partial charge in [0.2, 0.25) is 0 Å². The summed E-state index contributed by atoms with van der Waals surface area (Å²) in [6, 6.07) is 25.1. The van der Waals surface area contributed by atoms with Gasteiger partial charge in [-0.25, -0.2) is 0 Å². The Hall–Kier alpha value is -2.96. The van der Waals surface area contributed by atoms with Gasteiger partial charge in [-0.05, 0) is 41.8 Å². The van der Waals surface area contributed by atoms with Crippen molar-refractivity contribution in [1.82, 2.24) is 4.90 Å². The van der Waals surface area contributed by atoms with E-state index in [0.717, 1.165) is 24.2 Å². The van der Waals surface area contributed by atoms with E-state index in [0.29, 0.717) is 11.4 Å². The summed E-state index contributed by atoms with van der Waals surface area (Å²) in [6.45, 7) is 3.47. The third-order valence-corrected chi connectivity index (χ3v) is 6.76. The maximum Gasteiger partial charge on any atom is 0.251 e. The second-order valence-corrected chi connectivity index (χ2v) is 9.33. The van der Waals surface area contributed by atoms with Crippen molar-refractivity contribution < 1.29 is 9.53 Å². The van der Waals surface area contributed by atoms with Crippen LogP contribution in [0.4, 0.5) is 11.4 Å². The quantitative estimate of drug-likeness (QED) is 0.466. The number of carbonyl (C=O) groups is 1. The van der Waals surface area contributed by atoms with E-state index in [1.807, 2.05) is 66.4 Å². The van der Waals surface area contributed by atoms with Crippen LogP contribution in [0.15, 0.2) is 78.9 Å². The molecule has 172 valence electrons. The van der Waals surface area contributed by atoms with E-state index < -0.39 is 6.04 Å². The van der Waals surface area contributed by atoms with Crippen molar-refractivity contribution >= 4 is 29.0 Å². The van der Waals surface area contributed by atoms with Crippen molar-refractivity contribution in [3.05, 3.63) is 90.0 Å². The van der Waals surface area contributed by atoms with Crippen molar-refractivity contribution in [2.45, 2.75) is 12.5 Å². The lowest BCUT2D eigenvalue weighted by Crippen LogP contribution is -2.34. The highest BCUT2D eigenvalue weighted by atomic mass is 32.2. The molecule has 0 saturated carbocycles. The molecule has 3 aromatic carbocycles. The molecule has 1 heterocycles. The largest absolute Gasteiger partial charge is 0.497 e. The number of ether oxygens (including phenoxy) is 1. The second kappa shape index (κ2) is 11.8. The molecule has 0 aromatic heterocycles. The van der Waals surface area contributed by atoms with Gasteiger partial charge in [0.05, 0.1) is 7.11 Å². The molecule has 1 amide bonds. The standard InChI is InChI=1S/C27H31N3O2S/c1-32-25-9-5-8-24(20-25)29-27(31)26(22-6-3-2-4-7-22)28-23-12-10-21(11-13-23)14-15-30-16-18-33-19-17-30/h2-13,20,26,28H,14-19H2,1H3,(H,29,31). The van der Waals surface area contributed by atoms with Crippen molar-refractivity contribution in [2.75, 3.05) is 48.9 Å². The Labute approximate surface area is 200 Å². The van der Waals surface area contributed by atoms with Crippen LogP contribution in [0.2, 0.25) is 0 Å². The molecule has 0 spiro atoms. The number of methoxy groups -OCH3 is 1. The lowest BCUT2D eigenvalue weighted by Gasteiger charge is -2.26. The number of thioether (sulfide) groups is 1. The zero-order valence-electron chi connectivity index (χ0n) is 19.0. The Balaban J connectivity index is 1.43. The first-order valence-electron chi connectivity index (χ1n) is 11.4.